The van der Waals surface area contributed by atoms with E-state index < -0.39 is 6.09 Å². The number of rotatable bonds is 5. The Morgan fingerprint density at radius 2 is 2.04 bits per heavy atom. The Hall–Kier alpha value is -3.62. The molecule has 0 saturated carbocycles. The lowest BCUT2D eigenvalue weighted by atomic mass is 10.3. The second-order valence-electron chi connectivity index (χ2n) is 5.19. The third-order valence-corrected chi connectivity index (χ3v) is 3.32. The fraction of sp³-hybridized carbons (Fsp3) is 0.125. The van der Waals surface area contributed by atoms with Gasteiger partial charge in [-0.2, -0.15) is 10.2 Å². The summed E-state index contributed by atoms with van der Waals surface area (Å²) in [5, 5.41) is 19.2. The molecule has 2 heterocycles. The van der Waals surface area contributed by atoms with E-state index in [0.29, 0.717) is 11.4 Å². The summed E-state index contributed by atoms with van der Waals surface area (Å²) in [5.74, 6) is 0.494. The van der Waals surface area contributed by atoms with Crippen LogP contribution in [0.2, 0.25) is 0 Å². The topological polar surface area (TPSA) is 111 Å². The van der Waals surface area contributed by atoms with Crippen LogP contribution in [0.4, 0.5) is 10.5 Å². The number of nitrogens with one attached hydrogen (secondary N) is 1. The van der Waals surface area contributed by atoms with Gasteiger partial charge in [0.15, 0.2) is 0 Å². The molecule has 9 nitrogen and oxygen atoms in total. The molecule has 9 heteroatoms. The summed E-state index contributed by atoms with van der Waals surface area (Å²) in [6.45, 7) is -0.00829. The molecule has 0 fully saturated rings. The lowest BCUT2D eigenvalue weighted by molar-refractivity contribution is 0.209. The maximum Gasteiger partial charge on any atom is 0.409 e. The van der Waals surface area contributed by atoms with Crippen LogP contribution in [0.25, 0.3) is 5.69 Å². The predicted molar refractivity (Wildman–Crippen MR) is 89.0 cm³/mol. The predicted octanol–water partition coefficient (Wildman–Crippen LogP) is 1.63. The van der Waals surface area contributed by atoms with Crippen LogP contribution in [0.15, 0.2) is 53.7 Å². The van der Waals surface area contributed by atoms with E-state index in [0.717, 1.165) is 5.69 Å². The highest BCUT2D eigenvalue weighted by Gasteiger charge is 2.07. The van der Waals surface area contributed by atoms with Crippen LogP contribution in [0, 0.1) is 0 Å². The molecule has 0 unspecified atom stereocenters. The van der Waals surface area contributed by atoms with Crippen molar-refractivity contribution in [2.75, 3.05) is 5.32 Å². The molecule has 0 atom stereocenters. The van der Waals surface area contributed by atoms with Crippen LogP contribution in [0.1, 0.15) is 5.69 Å². The number of hydrogen-bond acceptors (Lipinski definition) is 5. The molecule has 0 saturated heterocycles. The van der Waals surface area contributed by atoms with Gasteiger partial charge in [0.2, 0.25) is 5.43 Å². The molecule has 0 aliphatic rings. The third-order valence-electron chi connectivity index (χ3n) is 3.32. The number of aryl methyl sites for hydroxylation is 1. The van der Waals surface area contributed by atoms with Crippen molar-refractivity contribution in [1.82, 2.24) is 19.6 Å². The molecular weight excluding hydrogens is 326 g/mol. The highest BCUT2D eigenvalue weighted by Crippen LogP contribution is 2.16. The average molecular weight is 341 g/mol. The molecule has 0 bridgehead atoms. The Labute approximate surface area is 142 Å². The summed E-state index contributed by atoms with van der Waals surface area (Å²) < 4.78 is 8.74. The normalized spacial score (nSPS) is 10.4. The Bertz CT molecular complexity index is 946. The second-order valence-corrected chi connectivity index (χ2v) is 5.19. The van der Waals surface area contributed by atoms with Crippen LogP contribution < -0.4 is 15.5 Å². The molecule has 0 radical (unpaired) electrons. The van der Waals surface area contributed by atoms with Gasteiger partial charge in [-0.05, 0) is 24.3 Å². The molecule has 128 valence electrons. The zero-order valence-corrected chi connectivity index (χ0v) is 13.3. The SMILES string of the molecule is Cn1cc(-n2ccc(=O)c(COc3ccc(NC(=O)O)cc3)n2)cn1. The summed E-state index contributed by atoms with van der Waals surface area (Å²) in [7, 11) is 1.79. The third kappa shape index (κ3) is 4.02. The fourth-order valence-corrected chi connectivity index (χ4v) is 2.13. The number of benzene rings is 1. The molecule has 2 N–H and O–H groups in total. The number of hydrogen-bond donors (Lipinski definition) is 2. The molecular formula is C16H15N5O4. The minimum atomic E-state index is -1.14. The van der Waals surface area contributed by atoms with Crippen LogP contribution >= 0.6 is 0 Å². The summed E-state index contributed by atoms with van der Waals surface area (Å²) in [5.41, 5.74) is 1.17. The first kappa shape index (κ1) is 16.2. The standard InChI is InChI=1S/C16H15N5O4/c1-20-9-12(8-17-20)21-7-6-15(22)14(19-21)10-25-13-4-2-11(3-5-13)18-16(23)24/h2-9,18H,10H2,1H3,(H,23,24). The zero-order chi connectivity index (χ0) is 17.8. The summed E-state index contributed by atoms with van der Waals surface area (Å²) in [4.78, 5) is 22.5. The summed E-state index contributed by atoms with van der Waals surface area (Å²) in [6, 6.07) is 7.76. The second kappa shape index (κ2) is 6.87. The molecule has 0 aliphatic carbocycles. The average Bonchev–Trinajstić information content (AvgIpc) is 3.01. The molecule has 1 aromatic carbocycles. The Morgan fingerprint density at radius 3 is 2.68 bits per heavy atom. The van der Waals surface area contributed by atoms with Crippen molar-refractivity contribution in [1.29, 1.82) is 0 Å². The van der Waals surface area contributed by atoms with Gasteiger partial charge in [0.05, 0.1) is 12.4 Å². The lowest BCUT2D eigenvalue weighted by Gasteiger charge is -2.08. The largest absolute Gasteiger partial charge is 0.487 e. The number of carboxylic acid groups (broad SMARTS) is 1. The van der Waals surface area contributed by atoms with E-state index in [4.69, 9.17) is 9.84 Å². The van der Waals surface area contributed by atoms with E-state index in [1.165, 1.54) is 6.07 Å². The van der Waals surface area contributed by atoms with E-state index in [2.05, 4.69) is 15.5 Å². The number of amides is 1. The first-order valence-corrected chi connectivity index (χ1v) is 7.32. The maximum absolute atomic E-state index is 12.0. The van der Waals surface area contributed by atoms with Crippen molar-refractivity contribution < 1.29 is 14.6 Å². The molecule has 0 aliphatic heterocycles. The molecule has 1 amide bonds. The minimum absolute atomic E-state index is 0.00829. The van der Waals surface area contributed by atoms with Crippen molar-refractivity contribution >= 4 is 11.8 Å². The van der Waals surface area contributed by atoms with Gasteiger partial charge in [-0.3, -0.25) is 14.8 Å². The number of nitrogens with zero attached hydrogens (tertiary/aromatic N) is 4. The van der Waals surface area contributed by atoms with Gasteiger partial charge < -0.3 is 9.84 Å². The van der Waals surface area contributed by atoms with Crippen molar-refractivity contribution in [2.24, 2.45) is 7.05 Å². The molecule has 0 spiro atoms. The van der Waals surface area contributed by atoms with Gasteiger partial charge in [0.1, 0.15) is 23.7 Å². The number of aromatic nitrogens is 4. The van der Waals surface area contributed by atoms with Gasteiger partial charge in [-0.25, -0.2) is 9.48 Å². The highest BCUT2D eigenvalue weighted by atomic mass is 16.5. The number of ether oxygens (including phenoxy) is 1. The minimum Gasteiger partial charge on any atom is -0.487 e. The highest BCUT2D eigenvalue weighted by molar-refractivity contribution is 5.82. The number of anilines is 1. The maximum atomic E-state index is 12.0. The fourth-order valence-electron chi connectivity index (χ4n) is 2.13. The lowest BCUT2D eigenvalue weighted by Crippen LogP contribution is -2.17. The molecule has 25 heavy (non-hydrogen) atoms. The van der Waals surface area contributed by atoms with Gasteiger partial charge in [-0.15, -0.1) is 0 Å². The molecule has 2 aromatic heterocycles. The Kier molecular flexibility index (Phi) is 4.46. The smallest absolute Gasteiger partial charge is 0.409 e. The van der Waals surface area contributed by atoms with Crippen molar-refractivity contribution in [2.45, 2.75) is 6.61 Å². The quantitative estimate of drug-likeness (QED) is 0.730. The van der Waals surface area contributed by atoms with Gasteiger partial charge in [0.25, 0.3) is 0 Å². The van der Waals surface area contributed by atoms with Crippen LogP contribution in [-0.2, 0) is 13.7 Å². The molecule has 3 aromatic rings. The summed E-state index contributed by atoms with van der Waals surface area (Å²) in [6.07, 6.45) is 3.83. The number of carbonyl (C=O) groups is 1. The van der Waals surface area contributed by atoms with E-state index in [9.17, 15) is 9.59 Å². The van der Waals surface area contributed by atoms with Gasteiger partial charge >= 0.3 is 6.09 Å². The van der Waals surface area contributed by atoms with Crippen LogP contribution in [-0.4, -0.2) is 30.8 Å². The van der Waals surface area contributed by atoms with E-state index in [1.54, 1.807) is 59.3 Å². The van der Waals surface area contributed by atoms with Gasteiger partial charge in [0, 0.05) is 25.0 Å². The van der Waals surface area contributed by atoms with Crippen LogP contribution in [0.3, 0.4) is 0 Å². The zero-order valence-electron chi connectivity index (χ0n) is 13.3. The monoisotopic (exact) mass is 341 g/mol. The van der Waals surface area contributed by atoms with Crippen molar-refractivity contribution in [3.8, 4) is 11.4 Å². The van der Waals surface area contributed by atoms with Crippen molar-refractivity contribution in [3.05, 3.63) is 64.8 Å². The van der Waals surface area contributed by atoms with Crippen molar-refractivity contribution in [3.63, 3.8) is 0 Å². The van der Waals surface area contributed by atoms with Crippen LogP contribution in [0.5, 0.6) is 5.75 Å². The Balaban J connectivity index is 1.72. The van der Waals surface area contributed by atoms with E-state index in [1.807, 2.05) is 0 Å². The first-order valence-electron chi connectivity index (χ1n) is 7.32. The summed E-state index contributed by atoms with van der Waals surface area (Å²) >= 11 is 0. The van der Waals surface area contributed by atoms with E-state index >= 15 is 0 Å². The Morgan fingerprint density at radius 1 is 1.28 bits per heavy atom. The first-order chi connectivity index (χ1) is 12.0. The van der Waals surface area contributed by atoms with E-state index in [-0.39, 0.29) is 17.7 Å². The van der Waals surface area contributed by atoms with Gasteiger partial charge in [-0.1, -0.05) is 0 Å². The molecule has 3 rings (SSSR count).